The molecule has 2 aromatic rings. The van der Waals surface area contributed by atoms with Gasteiger partial charge in [-0.25, -0.2) is 9.59 Å². The average molecular weight is 477 g/mol. The van der Waals surface area contributed by atoms with Crippen molar-refractivity contribution in [2.24, 2.45) is 17.6 Å². The highest BCUT2D eigenvalue weighted by atomic mass is 19.4. The largest absolute Gasteiger partial charge is 0.493 e. The summed E-state index contributed by atoms with van der Waals surface area (Å²) < 4.78 is 37.3. The van der Waals surface area contributed by atoms with Crippen LogP contribution in [0.1, 0.15) is 18.4 Å². The molecule has 182 valence electrons. The molecule has 0 spiro atoms. The Labute approximate surface area is 194 Å². The summed E-state index contributed by atoms with van der Waals surface area (Å²) >= 11 is 0. The predicted octanol–water partition coefficient (Wildman–Crippen LogP) is 4.12. The van der Waals surface area contributed by atoms with Gasteiger partial charge in [0, 0.05) is 31.2 Å². The highest BCUT2D eigenvalue weighted by Gasteiger charge is 2.42. The lowest BCUT2D eigenvalue weighted by Gasteiger charge is -2.19. The van der Waals surface area contributed by atoms with Crippen molar-refractivity contribution < 1.29 is 32.6 Å². The van der Waals surface area contributed by atoms with Gasteiger partial charge < -0.3 is 25.8 Å². The van der Waals surface area contributed by atoms with Gasteiger partial charge in [-0.1, -0.05) is 18.2 Å². The molecule has 3 atom stereocenters. The number of alkyl halides is 3. The average Bonchev–Trinajstić information content (AvgIpc) is 3.50. The van der Waals surface area contributed by atoms with E-state index in [1.807, 2.05) is 29.2 Å². The molecule has 5 rings (SSSR count). The van der Waals surface area contributed by atoms with Crippen LogP contribution in [0.15, 0.2) is 42.5 Å². The maximum atomic E-state index is 12.7. The summed E-state index contributed by atoms with van der Waals surface area (Å²) in [6.45, 7) is 2.37. The molecule has 2 amide bonds. The van der Waals surface area contributed by atoms with E-state index in [1.54, 1.807) is 0 Å². The number of halogens is 3. The van der Waals surface area contributed by atoms with Gasteiger partial charge in [0.25, 0.3) is 0 Å². The number of nitrogens with zero attached hydrogens (tertiary/aromatic N) is 1. The molecule has 2 heterocycles. The van der Waals surface area contributed by atoms with Gasteiger partial charge in [-0.3, -0.25) is 0 Å². The lowest BCUT2D eigenvalue weighted by Crippen LogP contribution is -2.36. The SMILES string of the molecule is NC1CCC2CN(C(=O)Nc3cccc(-c4ccc5c(c4)CCO5)c3)CC12.O=C(O)C(F)(F)F. The number of carboxylic acid groups (broad SMARTS) is 1. The molecule has 1 aliphatic carbocycles. The van der Waals surface area contributed by atoms with E-state index in [-0.39, 0.29) is 12.1 Å². The lowest BCUT2D eigenvalue weighted by molar-refractivity contribution is -0.192. The standard InChI is InChI=1S/C22H25N3O2.C2HF3O2/c23-20-6-4-17-12-25(13-19(17)20)22(26)24-18-3-1-2-14(11-18)15-5-7-21-16(10-15)8-9-27-21;3-2(4,5)1(6)7/h1-3,5,7,10-11,17,19-20H,4,6,8-9,12-13,23H2,(H,24,26);(H,6,7). The summed E-state index contributed by atoms with van der Waals surface area (Å²) in [5.41, 5.74) is 10.5. The molecular formula is C24H26F3N3O4. The molecule has 34 heavy (non-hydrogen) atoms. The van der Waals surface area contributed by atoms with Crippen molar-refractivity contribution >= 4 is 17.7 Å². The number of carbonyl (C=O) groups is 2. The first-order valence-corrected chi connectivity index (χ1v) is 11.1. The summed E-state index contributed by atoms with van der Waals surface area (Å²) in [6.07, 6.45) is -1.88. The molecule has 2 aliphatic heterocycles. The number of nitrogens with one attached hydrogen (secondary N) is 1. The Kier molecular flexibility index (Phi) is 6.70. The molecule has 1 saturated carbocycles. The number of hydrogen-bond donors (Lipinski definition) is 3. The number of hydrogen-bond acceptors (Lipinski definition) is 4. The van der Waals surface area contributed by atoms with Crippen LogP contribution in [0, 0.1) is 11.8 Å². The maximum absolute atomic E-state index is 12.7. The number of urea groups is 1. The molecule has 7 nitrogen and oxygen atoms in total. The van der Waals surface area contributed by atoms with Gasteiger partial charge >= 0.3 is 18.2 Å². The second kappa shape index (κ2) is 9.54. The van der Waals surface area contributed by atoms with Crippen LogP contribution < -0.4 is 15.8 Å². The Morgan fingerprint density at radius 3 is 2.53 bits per heavy atom. The Morgan fingerprint density at radius 2 is 1.82 bits per heavy atom. The summed E-state index contributed by atoms with van der Waals surface area (Å²) in [4.78, 5) is 23.5. The number of benzene rings is 2. The van der Waals surface area contributed by atoms with Crippen molar-refractivity contribution in [1.82, 2.24) is 4.90 Å². The van der Waals surface area contributed by atoms with Crippen molar-refractivity contribution in [2.75, 3.05) is 25.0 Å². The number of carboxylic acids is 1. The molecule has 0 aromatic heterocycles. The number of rotatable bonds is 2. The smallest absolute Gasteiger partial charge is 0.490 e. The zero-order chi connectivity index (χ0) is 24.5. The maximum Gasteiger partial charge on any atom is 0.490 e. The van der Waals surface area contributed by atoms with Crippen molar-refractivity contribution in [3.8, 4) is 16.9 Å². The Hall–Kier alpha value is -3.27. The molecular weight excluding hydrogens is 451 g/mol. The second-order valence-electron chi connectivity index (χ2n) is 8.80. The first kappa shape index (κ1) is 23.9. The summed E-state index contributed by atoms with van der Waals surface area (Å²) in [5.74, 6) is -0.727. The summed E-state index contributed by atoms with van der Waals surface area (Å²) in [7, 11) is 0. The molecule has 0 radical (unpaired) electrons. The van der Waals surface area contributed by atoms with Gasteiger partial charge in [-0.05, 0) is 65.6 Å². The first-order chi connectivity index (χ1) is 16.1. The van der Waals surface area contributed by atoms with Crippen molar-refractivity contribution in [3.05, 3.63) is 48.0 Å². The minimum Gasteiger partial charge on any atom is -0.493 e. The Balaban J connectivity index is 0.000000344. The minimum atomic E-state index is -5.08. The monoisotopic (exact) mass is 477 g/mol. The van der Waals surface area contributed by atoms with Crippen LogP contribution in [0.25, 0.3) is 11.1 Å². The van der Waals surface area contributed by atoms with Crippen LogP contribution in [0.4, 0.5) is 23.7 Å². The van der Waals surface area contributed by atoms with Crippen LogP contribution in [-0.4, -0.2) is 53.9 Å². The van der Waals surface area contributed by atoms with E-state index in [1.165, 1.54) is 5.56 Å². The quantitative estimate of drug-likeness (QED) is 0.604. The first-order valence-electron chi connectivity index (χ1n) is 11.1. The van der Waals surface area contributed by atoms with Gasteiger partial charge in [0.05, 0.1) is 6.61 Å². The van der Waals surface area contributed by atoms with Crippen LogP contribution >= 0.6 is 0 Å². The Morgan fingerprint density at radius 1 is 1.09 bits per heavy atom. The van der Waals surface area contributed by atoms with Gasteiger partial charge in [0.15, 0.2) is 0 Å². The van der Waals surface area contributed by atoms with E-state index in [0.29, 0.717) is 11.8 Å². The fourth-order valence-corrected chi connectivity index (χ4v) is 4.82. The van der Waals surface area contributed by atoms with E-state index in [2.05, 4.69) is 23.5 Å². The third-order valence-corrected chi connectivity index (χ3v) is 6.58. The fourth-order valence-electron chi connectivity index (χ4n) is 4.82. The molecule has 3 unspecified atom stereocenters. The van der Waals surface area contributed by atoms with Gasteiger partial charge in [0.2, 0.25) is 0 Å². The Bertz CT molecular complexity index is 1080. The summed E-state index contributed by atoms with van der Waals surface area (Å²) in [5, 5.41) is 10.2. The van der Waals surface area contributed by atoms with E-state index in [9.17, 15) is 18.0 Å². The van der Waals surface area contributed by atoms with E-state index in [0.717, 1.165) is 61.5 Å². The number of aliphatic carboxylic acids is 1. The topological polar surface area (TPSA) is 105 Å². The normalized spacial score (nSPS) is 22.8. The number of amides is 2. The minimum absolute atomic E-state index is 0.0175. The van der Waals surface area contributed by atoms with Crippen LogP contribution in [-0.2, 0) is 11.2 Å². The number of ether oxygens (including phenoxy) is 1. The molecule has 3 aliphatic rings. The van der Waals surface area contributed by atoms with E-state index >= 15 is 0 Å². The van der Waals surface area contributed by atoms with Gasteiger partial charge in [0.1, 0.15) is 5.75 Å². The third kappa shape index (κ3) is 5.27. The zero-order valence-corrected chi connectivity index (χ0v) is 18.3. The summed E-state index contributed by atoms with van der Waals surface area (Å²) in [6, 6.07) is 14.6. The van der Waals surface area contributed by atoms with Gasteiger partial charge in [-0.15, -0.1) is 0 Å². The molecule has 0 bridgehead atoms. The lowest BCUT2D eigenvalue weighted by atomic mass is 9.98. The second-order valence-corrected chi connectivity index (χ2v) is 8.80. The molecule has 4 N–H and O–H groups in total. The van der Waals surface area contributed by atoms with Crippen molar-refractivity contribution in [2.45, 2.75) is 31.5 Å². The highest BCUT2D eigenvalue weighted by molar-refractivity contribution is 5.90. The number of anilines is 1. The van der Waals surface area contributed by atoms with Crippen LogP contribution in [0.5, 0.6) is 5.75 Å². The number of nitrogens with two attached hydrogens (primary N) is 1. The van der Waals surface area contributed by atoms with Crippen molar-refractivity contribution in [1.29, 1.82) is 0 Å². The molecule has 10 heteroatoms. The van der Waals surface area contributed by atoms with E-state index in [4.69, 9.17) is 20.4 Å². The number of fused-ring (bicyclic) bond motifs is 2. The molecule has 2 fully saturated rings. The highest BCUT2D eigenvalue weighted by Crippen LogP contribution is 2.37. The van der Waals surface area contributed by atoms with E-state index < -0.39 is 12.1 Å². The fraction of sp³-hybridized carbons (Fsp3) is 0.417. The molecule has 1 saturated heterocycles. The predicted molar refractivity (Wildman–Crippen MR) is 120 cm³/mol. The van der Waals surface area contributed by atoms with Crippen LogP contribution in [0.3, 0.4) is 0 Å². The number of likely N-dealkylation sites (tertiary alicyclic amines) is 1. The zero-order valence-electron chi connectivity index (χ0n) is 18.3. The third-order valence-electron chi connectivity index (χ3n) is 6.58. The van der Waals surface area contributed by atoms with Gasteiger partial charge in [-0.2, -0.15) is 13.2 Å². The van der Waals surface area contributed by atoms with Crippen LogP contribution in [0.2, 0.25) is 0 Å². The molecule has 2 aromatic carbocycles. The number of carbonyl (C=O) groups excluding carboxylic acids is 1. The van der Waals surface area contributed by atoms with Crippen molar-refractivity contribution in [3.63, 3.8) is 0 Å².